The van der Waals surface area contributed by atoms with Gasteiger partial charge in [0.05, 0.1) is 28.2 Å². The number of nitrogens with one attached hydrogen (secondary N) is 1. The van der Waals surface area contributed by atoms with E-state index in [0.717, 1.165) is 0 Å². The number of aromatic carboxylic acids is 1. The zero-order valence-corrected chi connectivity index (χ0v) is 17.1. The van der Waals surface area contributed by atoms with Gasteiger partial charge >= 0.3 is 5.97 Å². The first-order chi connectivity index (χ1) is 15.4. The zero-order valence-electron chi connectivity index (χ0n) is 17.1. The number of hydrogen-bond donors (Lipinski definition) is 2. The molecule has 1 amide bonds. The molecule has 32 heavy (non-hydrogen) atoms. The van der Waals surface area contributed by atoms with Crippen molar-refractivity contribution in [3.8, 4) is 0 Å². The average Bonchev–Trinajstić information content (AvgIpc) is 2.80. The Morgan fingerprint density at radius 3 is 2.00 bits per heavy atom. The lowest BCUT2D eigenvalue weighted by atomic mass is 10.1. The van der Waals surface area contributed by atoms with Crippen LogP contribution in [0.1, 0.15) is 20.7 Å². The fraction of sp³-hybridized carbons (Fsp3) is 0.167. The van der Waals surface area contributed by atoms with Gasteiger partial charge < -0.3 is 20.2 Å². The molecule has 4 rings (SSSR count). The second kappa shape index (κ2) is 9.05. The molecular formula is C24H21F2N3O3. The molecule has 0 radical (unpaired) electrons. The minimum absolute atomic E-state index is 0.00239. The van der Waals surface area contributed by atoms with Gasteiger partial charge in [-0.3, -0.25) is 4.79 Å². The highest BCUT2D eigenvalue weighted by Gasteiger charge is 2.23. The molecular weight excluding hydrogens is 416 g/mol. The number of piperazine rings is 1. The molecule has 0 aliphatic carbocycles. The van der Waals surface area contributed by atoms with Gasteiger partial charge in [-0.05, 0) is 42.5 Å². The smallest absolute Gasteiger partial charge is 0.335 e. The molecule has 3 aromatic rings. The second-order valence-corrected chi connectivity index (χ2v) is 7.40. The van der Waals surface area contributed by atoms with Gasteiger partial charge in [0.25, 0.3) is 5.91 Å². The van der Waals surface area contributed by atoms with Crippen LogP contribution in [-0.2, 0) is 0 Å². The minimum Gasteiger partial charge on any atom is -0.478 e. The van der Waals surface area contributed by atoms with Crippen LogP contribution in [0.2, 0.25) is 0 Å². The van der Waals surface area contributed by atoms with Crippen molar-refractivity contribution in [2.75, 3.05) is 41.3 Å². The Hall–Kier alpha value is -3.94. The van der Waals surface area contributed by atoms with Crippen LogP contribution in [0, 0.1) is 11.6 Å². The first-order valence-corrected chi connectivity index (χ1v) is 10.1. The molecule has 3 aromatic carbocycles. The van der Waals surface area contributed by atoms with Gasteiger partial charge in [-0.2, -0.15) is 0 Å². The maximum atomic E-state index is 14.1. The number of nitrogens with zero attached hydrogens (tertiary/aromatic N) is 2. The molecule has 0 bridgehead atoms. The van der Waals surface area contributed by atoms with Crippen LogP contribution >= 0.6 is 0 Å². The van der Waals surface area contributed by atoms with E-state index in [0.29, 0.717) is 37.6 Å². The molecule has 0 saturated carbocycles. The molecule has 0 unspecified atom stereocenters. The number of carboxylic acids is 1. The number of hydrogen-bond acceptors (Lipinski definition) is 4. The monoisotopic (exact) mass is 437 g/mol. The summed E-state index contributed by atoms with van der Waals surface area (Å²) >= 11 is 0. The summed E-state index contributed by atoms with van der Waals surface area (Å²) in [6.45, 7) is 2.15. The topological polar surface area (TPSA) is 72.9 Å². The number of anilines is 3. The number of halogens is 2. The SMILES string of the molecule is O=C(O)c1ccc(N2CCN(c3ccccc3F)CC2)c(NC(=O)c2ccccc2F)c1. The summed E-state index contributed by atoms with van der Waals surface area (Å²) < 4.78 is 28.2. The van der Waals surface area contributed by atoms with Crippen LogP contribution < -0.4 is 15.1 Å². The van der Waals surface area contributed by atoms with Gasteiger partial charge in [0.15, 0.2) is 0 Å². The predicted molar refractivity (Wildman–Crippen MR) is 119 cm³/mol. The molecule has 0 aromatic heterocycles. The van der Waals surface area contributed by atoms with Gasteiger partial charge in [-0.25, -0.2) is 13.6 Å². The van der Waals surface area contributed by atoms with Crippen molar-refractivity contribution < 1.29 is 23.5 Å². The molecule has 0 atom stereocenters. The van der Waals surface area contributed by atoms with Crippen LogP contribution in [0.25, 0.3) is 0 Å². The van der Waals surface area contributed by atoms with Gasteiger partial charge in [0.1, 0.15) is 11.6 Å². The maximum absolute atomic E-state index is 14.1. The number of amides is 1. The molecule has 1 aliphatic heterocycles. The van der Waals surface area contributed by atoms with Crippen molar-refractivity contribution in [3.05, 3.63) is 89.5 Å². The van der Waals surface area contributed by atoms with Gasteiger partial charge in [-0.15, -0.1) is 0 Å². The van der Waals surface area contributed by atoms with Gasteiger partial charge in [-0.1, -0.05) is 24.3 Å². The highest BCUT2D eigenvalue weighted by atomic mass is 19.1. The number of para-hydroxylation sites is 1. The molecule has 1 heterocycles. The summed E-state index contributed by atoms with van der Waals surface area (Å²) in [5.74, 6) is -2.76. The maximum Gasteiger partial charge on any atom is 0.335 e. The van der Waals surface area contributed by atoms with E-state index in [1.165, 1.54) is 36.4 Å². The Morgan fingerprint density at radius 2 is 1.38 bits per heavy atom. The summed E-state index contributed by atoms with van der Waals surface area (Å²) in [7, 11) is 0. The Bertz CT molecular complexity index is 1160. The van der Waals surface area contributed by atoms with Gasteiger partial charge in [0, 0.05) is 26.2 Å². The second-order valence-electron chi connectivity index (χ2n) is 7.40. The molecule has 1 fully saturated rings. The number of carboxylic acid groups (broad SMARTS) is 1. The fourth-order valence-electron chi connectivity index (χ4n) is 3.78. The summed E-state index contributed by atoms with van der Waals surface area (Å²) in [5, 5.41) is 12.0. The Kier molecular flexibility index (Phi) is 6.02. The lowest BCUT2D eigenvalue weighted by Crippen LogP contribution is -2.47. The molecule has 1 saturated heterocycles. The fourth-order valence-corrected chi connectivity index (χ4v) is 3.78. The first-order valence-electron chi connectivity index (χ1n) is 10.1. The standard InChI is InChI=1S/C24H21F2N3O3/c25-18-6-2-1-5-17(18)23(30)27-20-15-16(24(31)32)9-10-22(20)29-13-11-28(12-14-29)21-8-4-3-7-19(21)26/h1-10,15H,11-14H2,(H,27,30)(H,31,32). The van der Waals surface area contributed by atoms with E-state index in [2.05, 4.69) is 5.32 Å². The Morgan fingerprint density at radius 1 is 0.781 bits per heavy atom. The van der Waals surface area contributed by atoms with Crippen molar-refractivity contribution in [3.63, 3.8) is 0 Å². The van der Waals surface area contributed by atoms with Crippen LogP contribution in [0.3, 0.4) is 0 Å². The Labute approximate surface area is 183 Å². The van der Waals surface area contributed by atoms with E-state index in [1.807, 2.05) is 9.80 Å². The third-order valence-corrected chi connectivity index (χ3v) is 5.42. The van der Waals surface area contributed by atoms with Crippen molar-refractivity contribution in [1.29, 1.82) is 0 Å². The van der Waals surface area contributed by atoms with E-state index in [4.69, 9.17) is 0 Å². The van der Waals surface area contributed by atoms with Gasteiger partial charge in [0.2, 0.25) is 0 Å². The van der Waals surface area contributed by atoms with E-state index in [1.54, 1.807) is 30.3 Å². The minimum atomic E-state index is -1.14. The van der Waals surface area contributed by atoms with E-state index in [-0.39, 0.29) is 22.6 Å². The van der Waals surface area contributed by atoms with Crippen molar-refractivity contribution >= 4 is 28.9 Å². The third-order valence-electron chi connectivity index (χ3n) is 5.42. The average molecular weight is 437 g/mol. The van der Waals surface area contributed by atoms with Crippen LogP contribution in [0.4, 0.5) is 25.8 Å². The van der Waals surface area contributed by atoms with Crippen LogP contribution in [-0.4, -0.2) is 43.2 Å². The van der Waals surface area contributed by atoms with E-state index < -0.39 is 17.7 Å². The zero-order chi connectivity index (χ0) is 22.7. The molecule has 8 heteroatoms. The highest BCUT2D eigenvalue weighted by Crippen LogP contribution is 2.30. The number of carbonyl (C=O) groups is 2. The first kappa shape index (κ1) is 21.3. The predicted octanol–water partition coefficient (Wildman–Crippen LogP) is 4.24. The number of rotatable bonds is 5. The summed E-state index contributed by atoms with van der Waals surface area (Å²) in [6, 6.07) is 16.6. The summed E-state index contributed by atoms with van der Waals surface area (Å²) in [4.78, 5) is 28.0. The molecule has 0 spiro atoms. The van der Waals surface area contributed by atoms with Crippen molar-refractivity contribution in [2.24, 2.45) is 0 Å². The number of benzene rings is 3. The molecule has 1 aliphatic rings. The lowest BCUT2D eigenvalue weighted by molar-refractivity contribution is 0.0696. The molecule has 6 nitrogen and oxygen atoms in total. The molecule has 164 valence electrons. The lowest BCUT2D eigenvalue weighted by Gasteiger charge is -2.38. The number of carbonyl (C=O) groups excluding carboxylic acids is 1. The quantitative estimate of drug-likeness (QED) is 0.625. The largest absolute Gasteiger partial charge is 0.478 e. The van der Waals surface area contributed by atoms with Crippen molar-refractivity contribution in [1.82, 2.24) is 0 Å². The van der Waals surface area contributed by atoms with Crippen molar-refractivity contribution in [2.45, 2.75) is 0 Å². The van der Waals surface area contributed by atoms with E-state index in [9.17, 15) is 23.5 Å². The highest BCUT2D eigenvalue weighted by molar-refractivity contribution is 6.07. The van der Waals surface area contributed by atoms with E-state index >= 15 is 0 Å². The third kappa shape index (κ3) is 4.39. The summed E-state index contributed by atoms with van der Waals surface area (Å²) in [6.07, 6.45) is 0. The van der Waals surface area contributed by atoms with Crippen LogP contribution in [0.15, 0.2) is 66.7 Å². The van der Waals surface area contributed by atoms with Crippen LogP contribution in [0.5, 0.6) is 0 Å². The Balaban J connectivity index is 1.57. The summed E-state index contributed by atoms with van der Waals surface area (Å²) in [5.41, 5.74) is 1.29. The molecule has 2 N–H and O–H groups in total. The normalized spacial score (nSPS) is 13.7.